The molecule has 0 bridgehead atoms. The second-order valence-electron chi connectivity index (χ2n) is 3.98. The Morgan fingerprint density at radius 2 is 2.07 bits per heavy atom. The Labute approximate surface area is 90.4 Å². The van der Waals surface area contributed by atoms with Crippen LogP contribution < -0.4 is 0 Å². The summed E-state index contributed by atoms with van der Waals surface area (Å²) in [6.45, 7) is 6.90. The molecule has 0 aromatic heterocycles. The van der Waals surface area contributed by atoms with Gasteiger partial charge >= 0.3 is 0 Å². The number of likely N-dealkylation sites (N-methyl/N-ethyl adjacent to an activating group) is 1. The summed E-state index contributed by atoms with van der Waals surface area (Å²) in [6.07, 6.45) is 0.650. The number of hydrogen-bond acceptors (Lipinski definition) is 3. The first-order valence-electron chi connectivity index (χ1n) is 5.23. The van der Waals surface area contributed by atoms with Gasteiger partial charge in [-0.3, -0.25) is 4.79 Å². The third-order valence-electron chi connectivity index (χ3n) is 2.73. The fraction of sp³-hybridized carbons (Fsp3) is 0.900. The summed E-state index contributed by atoms with van der Waals surface area (Å²) >= 11 is 1.47. The molecule has 0 saturated carbocycles. The van der Waals surface area contributed by atoms with Gasteiger partial charge in [0.25, 0.3) is 0 Å². The zero-order valence-corrected chi connectivity index (χ0v) is 9.94. The molecular weight excluding hydrogens is 198 g/mol. The summed E-state index contributed by atoms with van der Waals surface area (Å²) in [7, 11) is 2.25. The van der Waals surface area contributed by atoms with Gasteiger partial charge in [-0.1, -0.05) is 18.7 Å². The van der Waals surface area contributed by atoms with Gasteiger partial charge in [-0.05, 0) is 0 Å². The van der Waals surface area contributed by atoms with Crippen LogP contribution in [0.5, 0.6) is 0 Å². The van der Waals surface area contributed by atoms with E-state index in [1.165, 1.54) is 11.8 Å². The molecule has 0 unspecified atom stereocenters. The number of morpholine rings is 1. The van der Waals surface area contributed by atoms with E-state index in [2.05, 4.69) is 7.05 Å². The van der Waals surface area contributed by atoms with Crippen molar-refractivity contribution in [2.45, 2.75) is 13.3 Å². The molecule has 0 amide bonds. The molecule has 1 saturated heterocycles. The van der Waals surface area contributed by atoms with Gasteiger partial charge in [0.15, 0.2) is 5.12 Å². The van der Waals surface area contributed by atoms with Crippen LogP contribution >= 0.6 is 11.8 Å². The average molecular weight is 218 g/mol. The minimum atomic E-state index is 0.310. The number of carbonyl (C=O) groups is 1. The van der Waals surface area contributed by atoms with E-state index in [0.717, 1.165) is 43.1 Å². The predicted molar refractivity (Wildman–Crippen MR) is 59.4 cm³/mol. The van der Waals surface area contributed by atoms with Crippen LogP contribution in [0.4, 0.5) is 0 Å². The van der Waals surface area contributed by atoms with E-state index in [1.807, 2.05) is 6.92 Å². The normalized spacial score (nSPS) is 20.7. The van der Waals surface area contributed by atoms with E-state index in [9.17, 15) is 4.79 Å². The van der Waals surface area contributed by atoms with E-state index < -0.39 is 0 Å². The van der Waals surface area contributed by atoms with Gasteiger partial charge in [-0.25, -0.2) is 0 Å². The first-order valence-corrected chi connectivity index (χ1v) is 6.22. The van der Waals surface area contributed by atoms with Crippen LogP contribution in [0.2, 0.25) is 0 Å². The molecule has 0 aliphatic carbocycles. The van der Waals surface area contributed by atoms with Crippen molar-refractivity contribution in [1.82, 2.24) is 0 Å². The van der Waals surface area contributed by atoms with E-state index >= 15 is 0 Å². The van der Waals surface area contributed by atoms with Gasteiger partial charge in [-0.2, -0.15) is 0 Å². The number of quaternary nitrogens is 1. The lowest BCUT2D eigenvalue weighted by Gasteiger charge is -2.37. The van der Waals surface area contributed by atoms with E-state index in [0.29, 0.717) is 11.5 Å². The Kier molecular flexibility index (Phi) is 4.92. The third kappa shape index (κ3) is 3.98. The zero-order chi connectivity index (χ0) is 10.4. The fourth-order valence-corrected chi connectivity index (χ4v) is 2.45. The van der Waals surface area contributed by atoms with Gasteiger partial charge in [0.05, 0.1) is 32.6 Å². The summed E-state index contributed by atoms with van der Waals surface area (Å²) in [4.78, 5) is 11.1. The van der Waals surface area contributed by atoms with Crippen molar-refractivity contribution in [1.29, 1.82) is 0 Å². The highest BCUT2D eigenvalue weighted by Gasteiger charge is 2.24. The molecule has 0 N–H and O–H groups in total. The first-order chi connectivity index (χ1) is 6.66. The van der Waals surface area contributed by atoms with E-state index in [-0.39, 0.29) is 0 Å². The summed E-state index contributed by atoms with van der Waals surface area (Å²) < 4.78 is 6.38. The van der Waals surface area contributed by atoms with Gasteiger partial charge < -0.3 is 9.22 Å². The van der Waals surface area contributed by atoms with Crippen molar-refractivity contribution in [3.05, 3.63) is 0 Å². The minimum Gasteiger partial charge on any atom is -0.370 e. The smallest absolute Gasteiger partial charge is 0.188 e. The molecule has 82 valence electrons. The third-order valence-corrected chi connectivity index (χ3v) is 3.73. The van der Waals surface area contributed by atoms with Gasteiger partial charge in [0, 0.05) is 6.42 Å². The Balaban J connectivity index is 2.18. The molecule has 1 aliphatic heterocycles. The average Bonchev–Trinajstić information content (AvgIpc) is 2.18. The highest BCUT2D eigenvalue weighted by Crippen LogP contribution is 2.11. The lowest BCUT2D eigenvalue weighted by atomic mass is 10.3. The lowest BCUT2D eigenvalue weighted by Crippen LogP contribution is -2.53. The van der Waals surface area contributed by atoms with E-state index in [4.69, 9.17) is 4.74 Å². The minimum absolute atomic E-state index is 0.310. The summed E-state index contributed by atoms with van der Waals surface area (Å²) in [5.41, 5.74) is 0. The molecule has 0 aromatic carbocycles. The molecule has 3 nitrogen and oxygen atoms in total. The van der Waals surface area contributed by atoms with Crippen LogP contribution in [0.15, 0.2) is 0 Å². The molecule has 1 rings (SSSR count). The van der Waals surface area contributed by atoms with Crippen LogP contribution in [0.3, 0.4) is 0 Å². The standard InChI is InChI=1S/C10H20NO2S/c1-3-10(12)14-9-6-11(2)4-7-13-8-5-11/h3-9H2,1-2H3/q+1. The molecule has 1 fully saturated rings. The van der Waals surface area contributed by atoms with Gasteiger partial charge in [-0.15, -0.1) is 0 Å². The van der Waals surface area contributed by atoms with Gasteiger partial charge in [0.1, 0.15) is 13.1 Å². The van der Waals surface area contributed by atoms with Crippen molar-refractivity contribution in [2.75, 3.05) is 45.6 Å². The fourth-order valence-electron chi connectivity index (χ4n) is 1.49. The summed E-state index contributed by atoms with van der Waals surface area (Å²) in [5.74, 6) is 0.948. The Bertz CT molecular complexity index is 191. The number of carbonyl (C=O) groups excluding carboxylic acids is 1. The Morgan fingerprint density at radius 1 is 1.43 bits per heavy atom. The van der Waals surface area contributed by atoms with Crippen molar-refractivity contribution >= 4 is 16.9 Å². The predicted octanol–water partition coefficient (Wildman–Crippen LogP) is 1.13. The molecule has 0 aromatic rings. The SMILES string of the molecule is CCC(=O)SCC[N+]1(C)CCOCC1. The molecule has 14 heavy (non-hydrogen) atoms. The second kappa shape index (κ2) is 5.73. The molecule has 1 heterocycles. The molecule has 0 spiro atoms. The topological polar surface area (TPSA) is 26.3 Å². The zero-order valence-electron chi connectivity index (χ0n) is 9.12. The van der Waals surface area contributed by atoms with Crippen LogP contribution in [0.25, 0.3) is 0 Å². The number of thioether (sulfide) groups is 1. The highest BCUT2D eigenvalue weighted by molar-refractivity contribution is 8.13. The van der Waals surface area contributed by atoms with Crippen molar-refractivity contribution in [2.24, 2.45) is 0 Å². The van der Waals surface area contributed by atoms with Crippen LogP contribution in [-0.2, 0) is 9.53 Å². The van der Waals surface area contributed by atoms with Crippen LogP contribution in [-0.4, -0.2) is 55.2 Å². The number of nitrogens with zero attached hydrogens (tertiary/aromatic N) is 1. The monoisotopic (exact) mass is 218 g/mol. The maximum Gasteiger partial charge on any atom is 0.188 e. The molecule has 0 radical (unpaired) electrons. The number of rotatable bonds is 4. The number of hydrogen-bond donors (Lipinski definition) is 0. The molecule has 1 aliphatic rings. The maximum absolute atomic E-state index is 11.1. The summed E-state index contributed by atoms with van der Waals surface area (Å²) in [5, 5.41) is 0.310. The Hall–Kier alpha value is -0.0600. The molecule has 0 atom stereocenters. The quantitative estimate of drug-likeness (QED) is 0.662. The molecular formula is C10H20NO2S+. The molecule has 4 heteroatoms. The van der Waals surface area contributed by atoms with Crippen molar-refractivity contribution in [3.8, 4) is 0 Å². The van der Waals surface area contributed by atoms with E-state index in [1.54, 1.807) is 0 Å². The lowest BCUT2D eigenvalue weighted by molar-refractivity contribution is -0.914. The largest absolute Gasteiger partial charge is 0.370 e. The van der Waals surface area contributed by atoms with Crippen molar-refractivity contribution in [3.63, 3.8) is 0 Å². The highest BCUT2D eigenvalue weighted by atomic mass is 32.2. The number of ether oxygens (including phenoxy) is 1. The first kappa shape index (κ1) is 12.0. The second-order valence-corrected chi connectivity index (χ2v) is 5.13. The van der Waals surface area contributed by atoms with Crippen molar-refractivity contribution < 1.29 is 14.0 Å². The maximum atomic E-state index is 11.1. The van der Waals surface area contributed by atoms with Gasteiger partial charge in [0.2, 0.25) is 0 Å². The van der Waals surface area contributed by atoms with Crippen LogP contribution in [0, 0.1) is 0 Å². The summed E-state index contributed by atoms with van der Waals surface area (Å²) in [6, 6.07) is 0. The Morgan fingerprint density at radius 3 is 2.64 bits per heavy atom. The van der Waals surface area contributed by atoms with Crippen LogP contribution in [0.1, 0.15) is 13.3 Å².